The Bertz CT molecular complexity index is 535. The fourth-order valence-electron chi connectivity index (χ4n) is 1.09. The molecule has 0 radical (unpaired) electrons. The third-order valence-corrected chi connectivity index (χ3v) is 3.34. The molecule has 1 N–H and O–H groups in total. The maximum absolute atomic E-state index is 11.0. The first kappa shape index (κ1) is 11.2. The van der Waals surface area contributed by atoms with Crippen LogP contribution in [0.1, 0.15) is 10.4 Å². The first-order valence-corrected chi connectivity index (χ1v) is 5.65. The molecule has 0 amide bonds. The molecule has 0 saturated heterocycles. The van der Waals surface area contributed by atoms with Gasteiger partial charge in [0.1, 0.15) is 5.56 Å². The summed E-state index contributed by atoms with van der Waals surface area (Å²) in [6.07, 6.45) is 1.48. The van der Waals surface area contributed by atoms with Crippen LogP contribution in [0.4, 0.5) is 0 Å². The Morgan fingerprint density at radius 1 is 1.31 bits per heavy atom. The first-order valence-electron chi connectivity index (χ1n) is 4.06. The number of rotatable bonds is 2. The van der Waals surface area contributed by atoms with Crippen LogP contribution in [0.25, 0.3) is 5.82 Å². The lowest BCUT2D eigenvalue weighted by Gasteiger charge is -2.01. The number of aromatic carboxylic acids is 1. The molecule has 0 atom stereocenters. The van der Waals surface area contributed by atoms with E-state index in [0.29, 0.717) is 9.21 Å². The molecule has 0 aliphatic carbocycles. The minimum absolute atomic E-state index is 0.0394. The number of halogens is 2. The van der Waals surface area contributed by atoms with Crippen molar-refractivity contribution in [2.45, 2.75) is 0 Å². The van der Waals surface area contributed by atoms with Crippen molar-refractivity contribution >= 4 is 37.8 Å². The lowest BCUT2D eigenvalue weighted by molar-refractivity contribution is 0.0696. The van der Waals surface area contributed by atoms with Crippen LogP contribution in [0.2, 0.25) is 0 Å². The maximum atomic E-state index is 11.0. The van der Waals surface area contributed by atoms with Gasteiger partial charge in [0.2, 0.25) is 0 Å². The van der Waals surface area contributed by atoms with E-state index in [2.05, 4.69) is 47.0 Å². The molecule has 0 fully saturated rings. The predicted octanol–water partition coefficient (Wildman–Crippen LogP) is 1.89. The maximum Gasteiger partial charge on any atom is 0.339 e. The Hall–Kier alpha value is -1.28. The Labute approximate surface area is 107 Å². The molecule has 16 heavy (non-hydrogen) atoms. The standard InChI is InChI=1S/C8H4Br2N4O2/c9-5-6(10)13-14(12-5)7-4(8(15)16)2-1-3-11-7/h1-3H,(H,15,16). The van der Waals surface area contributed by atoms with Crippen molar-refractivity contribution < 1.29 is 9.90 Å². The Balaban J connectivity index is 2.59. The summed E-state index contributed by atoms with van der Waals surface area (Å²) in [6.45, 7) is 0. The fraction of sp³-hybridized carbons (Fsp3) is 0. The molecule has 82 valence electrons. The van der Waals surface area contributed by atoms with Gasteiger partial charge in [-0.1, -0.05) is 0 Å². The van der Waals surface area contributed by atoms with Crippen molar-refractivity contribution in [3.05, 3.63) is 33.1 Å². The zero-order valence-corrected chi connectivity index (χ0v) is 10.8. The van der Waals surface area contributed by atoms with Gasteiger partial charge in [-0.25, -0.2) is 9.78 Å². The summed E-state index contributed by atoms with van der Waals surface area (Å²) in [4.78, 5) is 16.0. The average molecular weight is 348 g/mol. The van der Waals surface area contributed by atoms with Gasteiger partial charge in [0.15, 0.2) is 15.0 Å². The van der Waals surface area contributed by atoms with Crippen molar-refractivity contribution in [1.82, 2.24) is 20.0 Å². The van der Waals surface area contributed by atoms with Crippen LogP contribution in [-0.2, 0) is 0 Å². The van der Waals surface area contributed by atoms with Crippen LogP contribution in [0.5, 0.6) is 0 Å². The van der Waals surface area contributed by atoms with Gasteiger partial charge in [0, 0.05) is 6.20 Å². The van der Waals surface area contributed by atoms with Crippen LogP contribution in [0, 0.1) is 0 Å². The van der Waals surface area contributed by atoms with E-state index < -0.39 is 5.97 Å². The van der Waals surface area contributed by atoms with Crippen molar-refractivity contribution in [3.63, 3.8) is 0 Å². The van der Waals surface area contributed by atoms with Gasteiger partial charge in [-0.2, -0.15) is 0 Å². The molecule has 0 saturated carbocycles. The van der Waals surface area contributed by atoms with Crippen LogP contribution in [0.15, 0.2) is 27.5 Å². The molecular formula is C8H4Br2N4O2. The van der Waals surface area contributed by atoms with E-state index in [4.69, 9.17) is 5.11 Å². The monoisotopic (exact) mass is 346 g/mol. The zero-order chi connectivity index (χ0) is 11.7. The molecule has 0 aliphatic rings. The highest BCUT2D eigenvalue weighted by Gasteiger charge is 2.15. The Morgan fingerprint density at radius 3 is 2.50 bits per heavy atom. The van der Waals surface area contributed by atoms with Crippen molar-refractivity contribution in [3.8, 4) is 5.82 Å². The third-order valence-electron chi connectivity index (χ3n) is 1.74. The van der Waals surface area contributed by atoms with Gasteiger partial charge < -0.3 is 5.11 Å². The predicted molar refractivity (Wildman–Crippen MR) is 61.5 cm³/mol. The molecule has 6 nitrogen and oxygen atoms in total. The van der Waals surface area contributed by atoms with Gasteiger partial charge in [-0.3, -0.25) is 0 Å². The van der Waals surface area contributed by atoms with E-state index in [1.165, 1.54) is 12.3 Å². The van der Waals surface area contributed by atoms with E-state index in [1.807, 2.05) is 0 Å². The summed E-state index contributed by atoms with van der Waals surface area (Å²) in [6, 6.07) is 2.98. The molecule has 0 unspecified atom stereocenters. The smallest absolute Gasteiger partial charge is 0.339 e. The van der Waals surface area contributed by atoms with Gasteiger partial charge in [0.05, 0.1) is 0 Å². The summed E-state index contributed by atoms with van der Waals surface area (Å²) in [5.74, 6) is -0.908. The quantitative estimate of drug-likeness (QED) is 0.897. The van der Waals surface area contributed by atoms with Crippen molar-refractivity contribution in [2.75, 3.05) is 0 Å². The summed E-state index contributed by atoms with van der Waals surface area (Å²) >= 11 is 6.32. The van der Waals surface area contributed by atoms with E-state index in [1.54, 1.807) is 6.07 Å². The minimum Gasteiger partial charge on any atom is -0.478 e. The average Bonchev–Trinajstić information content (AvgIpc) is 2.59. The molecule has 0 aromatic carbocycles. The number of hydrogen-bond acceptors (Lipinski definition) is 4. The van der Waals surface area contributed by atoms with Crippen molar-refractivity contribution in [1.29, 1.82) is 0 Å². The first-order chi connectivity index (χ1) is 7.59. The molecule has 0 aliphatic heterocycles. The highest BCUT2D eigenvalue weighted by atomic mass is 79.9. The fourth-order valence-corrected chi connectivity index (χ4v) is 1.55. The SMILES string of the molecule is O=C(O)c1cccnc1-n1nc(Br)c(Br)n1. The number of carbonyl (C=O) groups is 1. The lowest BCUT2D eigenvalue weighted by Crippen LogP contribution is -2.09. The third kappa shape index (κ3) is 1.98. The summed E-state index contributed by atoms with van der Waals surface area (Å²) in [7, 11) is 0. The Kier molecular flexibility index (Phi) is 3.01. The molecule has 2 aromatic heterocycles. The van der Waals surface area contributed by atoms with Crippen LogP contribution < -0.4 is 0 Å². The highest BCUT2D eigenvalue weighted by molar-refractivity contribution is 9.13. The number of carboxylic acids is 1. The molecule has 0 spiro atoms. The number of carboxylic acid groups (broad SMARTS) is 1. The number of nitrogens with zero attached hydrogens (tertiary/aromatic N) is 4. The highest BCUT2D eigenvalue weighted by Crippen LogP contribution is 2.19. The topological polar surface area (TPSA) is 80.9 Å². The molecule has 0 bridgehead atoms. The normalized spacial score (nSPS) is 10.4. The zero-order valence-electron chi connectivity index (χ0n) is 7.63. The van der Waals surface area contributed by atoms with Gasteiger partial charge >= 0.3 is 5.97 Å². The van der Waals surface area contributed by atoms with Gasteiger partial charge in [-0.05, 0) is 44.0 Å². The van der Waals surface area contributed by atoms with E-state index in [-0.39, 0.29) is 11.4 Å². The van der Waals surface area contributed by atoms with Crippen LogP contribution in [0.3, 0.4) is 0 Å². The van der Waals surface area contributed by atoms with Crippen molar-refractivity contribution in [2.24, 2.45) is 0 Å². The van der Waals surface area contributed by atoms with E-state index >= 15 is 0 Å². The second kappa shape index (κ2) is 4.30. The second-order valence-electron chi connectivity index (χ2n) is 2.75. The Morgan fingerprint density at radius 2 is 1.94 bits per heavy atom. The summed E-state index contributed by atoms with van der Waals surface area (Å²) in [5, 5.41) is 16.9. The molecular weight excluding hydrogens is 344 g/mol. The molecule has 8 heteroatoms. The number of pyridine rings is 1. The largest absolute Gasteiger partial charge is 0.478 e. The summed E-state index contributed by atoms with van der Waals surface area (Å²) in [5.41, 5.74) is 0.0394. The lowest BCUT2D eigenvalue weighted by atomic mass is 10.2. The molecule has 2 aromatic rings. The van der Waals surface area contributed by atoms with Gasteiger partial charge in [0.25, 0.3) is 0 Å². The molecule has 2 heterocycles. The second-order valence-corrected chi connectivity index (χ2v) is 4.25. The van der Waals surface area contributed by atoms with E-state index in [0.717, 1.165) is 4.80 Å². The minimum atomic E-state index is -1.08. The number of hydrogen-bond donors (Lipinski definition) is 1. The summed E-state index contributed by atoms with van der Waals surface area (Å²) < 4.78 is 0.962. The van der Waals surface area contributed by atoms with E-state index in [9.17, 15) is 4.79 Å². The van der Waals surface area contributed by atoms with Gasteiger partial charge in [-0.15, -0.1) is 15.0 Å². The number of aromatic nitrogens is 4. The van der Waals surface area contributed by atoms with Crippen LogP contribution in [-0.4, -0.2) is 31.1 Å². The molecule has 2 rings (SSSR count). The van der Waals surface area contributed by atoms with Crippen LogP contribution >= 0.6 is 31.9 Å².